The lowest BCUT2D eigenvalue weighted by Gasteiger charge is -1.73. The van der Waals surface area contributed by atoms with Crippen molar-refractivity contribution in [2.75, 3.05) is 0 Å². The van der Waals surface area contributed by atoms with Crippen LogP contribution in [0.4, 0.5) is 0 Å². The van der Waals surface area contributed by atoms with Gasteiger partial charge in [0.2, 0.25) is 0 Å². The van der Waals surface area contributed by atoms with Crippen LogP contribution >= 0.6 is 24.0 Å². The second kappa shape index (κ2) is 1.76. The fourth-order valence-corrected chi connectivity index (χ4v) is 0.832. The fourth-order valence-electron chi connectivity index (χ4n) is 0.204. The van der Waals surface area contributed by atoms with Gasteiger partial charge in [-0.05, 0) is 5.41 Å². The molecule has 1 aliphatic heterocycles. The molecule has 0 saturated heterocycles. The minimum atomic E-state index is 0.435. The maximum Gasteiger partial charge on any atom is 0.162 e. The van der Waals surface area contributed by atoms with Crippen molar-refractivity contribution in [3.63, 3.8) is 0 Å². The summed E-state index contributed by atoms with van der Waals surface area (Å²) in [5, 5.41) is 1.86. The second-order valence-electron chi connectivity index (χ2n) is 1.08. The molecule has 0 aliphatic carbocycles. The summed E-state index contributed by atoms with van der Waals surface area (Å²) in [7, 11) is 0. The third-order valence-corrected chi connectivity index (χ3v) is 1.72. The summed E-state index contributed by atoms with van der Waals surface area (Å²) in [6, 6.07) is 0. The zero-order valence-corrected chi connectivity index (χ0v) is 5.01. The molecule has 3 heteroatoms. The fraction of sp³-hybridized carbons (Fsp3) is 0. The summed E-state index contributed by atoms with van der Waals surface area (Å²) in [5.41, 5.74) is 0. The van der Waals surface area contributed by atoms with Gasteiger partial charge in [-0.15, -0.1) is 0 Å². The van der Waals surface area contributed by atoms with E-state index in [1.165, 1.54) is 11.8 Å². The molecule has 0 aromatic heterocycles. The van der Waals surface area contributed by atoms with Crippen LogP contribution in [-0.2, 0) is 4.79 Å². The van der Waals surface area contributed by atoms with E-state index >= 15 is 0 Å². The Kier molecular flexibility index (Phi) is 1.25. The van der Waals surface area contributed by atoms with Crippen LogP contribution in [0.5, 0.6) is 0 Å². The normalized spacial score (nSPS) is 15.1. The first-order valence-electron chi connectivity index (χ1n) is 1.71. The van der Waals surface area contributed by atoms with Crippen molar-refractivity contribution >= 4 is 35.1 Å². The van der Waals surface area contributed by atoms with Gasteiger partial charge >= 0.3 is 0 Å². The average molecular weight is 130 g/mol. The number of aldehydes is 1. The number of hydrogen-bond acceptors (Lipinski definition) is 3. The minimum Gasteiger partial charge on any atom is -0.297 e. The molecule has 36 valence electrons. The molecule has 0 saturated carbocycles. The smallest absolute Gasteiger partial charge is 0.162 e. The van der Waals surface area contributed by atoms with Gasteiger partial charge in [0.15, 0.2) is 6.29 Å². The van der Waals surface area contributed by atoms with E-state index < -0.39 is 0 Å². The molecule has 1 heterocycles. The van der Waals surface area contributed by atoms with Crippen LogP contribution in [0, 0.1) is 0 Å². The highest BCUT2D eigenvalue weighted by Crippen LogP contribution is 2.34. The molecule has 1 aliphatic rings. The van der Waals surface area contributed by atoms with Crippen LogP contribution in [0.25, 0.3) is 0 Å². The third kappa shape index (κ3) is 1.11. The first kappa shape index (κ1) is 5.00. The summed E-state index contributed by atoms with van der Waals surface area (Å²) in [6.07, 6.45) is 0.696. The molecule has 0 atom stereocenters. The molecule has 0 amide bonds. The van der Waals surface area contributed by atoms with Gasteiger partial charge in [0.1, 0.15) is 0 Å². The summed E-state index contributed by atoms with van der Waals surface area (Å²) >= 11 is 6.10. The SMILES string of the molecule is O=CC(=S)C1=CS1. The average Bonchev–Trinajstić information content (AvgIpc) is 2.44. The molecule has 0 N–H and O–H groups in total. The van der Waals surface area contributed by atoms with Crippen LogP contribution < -0.4 is 0 Å². The van der Waals surface area contributed by atoms with Crippen LogP contribution in [0.3, 0.4) is 0 Å². The number of allylic oxidation sites excluding steroid dienone is 1. The van der Waals surface area contributed by atoms with Crippen LogP contribution in [0.15, 0.2) is 10.3 Å². The number of thiocarbonyl (C=S) groups is 1. The Morgan fingerprint density at radius 1 is 2.00 bits per heavy atom. The van der Waals surface area contributed by atoms with Gasteiger partial charge in [0.25, 0.3) is 0 Å². The predicted octanol–water partition coefficient (Wildman–Crippen LogP) is 1.14. The summed E-state index contributed by atoms with van der Waals surface area (Å²) in [5.74, 6) is 0. The number of hydrogen-bond donors (Lipinski definition) is 0. The van der Waals surface area contributed by atoms with Crippen molar-refractivity contribution < 1.29 is 4.79 Å². The third-order valence-electron chi connectivity index (χ3n) is 0.586. The zero-order chi connectivity index (χ0) is 5.28. The van der Waals surface area contributed by atoms with Gasteiger partial charge in [0.05, 0.1) is 4.86 Å². The van der Waals surface area contributed by atoms with Gasteiger partial charge in [-0.1, -0.05) is 24.0 Å². The quantitative estimate of drug-likeness (QED) is 0.412. The molecule has 0 unspecified atom stereocenters. The first-order valence-corrected chi connectivity index (χ1v) is 2.99. The van der Waals surface area contributed by atoms with Crippen molar-refractivity contribution in [1.82, 2.24) is 0 Å². The van der Waals surface area contributed by atoms with Gasteiger partial charge in [-0.25, -0.2) is 0 Å². The van der Waals surface area contributed by atoms with Crippen LogP contribution in [0.2, 0.25) is 0 Å². The minimum absolute atomic E-state index is 0.435. The summed E-state index contributed by atoms with van der Waals surface area (Å²) in [6.45, 7) is 0. The number of thioether (sulfide) groups is 1. The van der Waals surface area contributed by atoms with Gasteiger partial charge < -0.3 is 0 Å². The lowest BCUT2D eigenvalue weighted by Crippen LogP contribution is -1.87. The van der Waals surface area contributed by atoms with Crippen molar-refractivity contribution in [2.24, 2.45) is 0 Å². The van der Waals surface area contributed by atoms with Crippen molar-refractivity contribution in [3.8, 4) is 0 Å². The van der Waals surface area contributed by atoms with Gasteiger partial charge in [-0.3, -0.25) is 4.79 Å². The Labute approximate surface area is 50.8 Å². The predicted molar refractivity (Wildman–Crippen MR) is 34.3 cm³/mol. The molecule has 0 radical (unpaired) electrons. The van der Waals surface area contributed by atoms with E-state index in [4.69, 9.17) is 0 Å². The molecule has 0 aromatic rings. The number of carbonyl (C=O) groups is 1. The monoisotopic (exact) mass is 130 g/mol. The van der Waals surface area contributed by atoms with Gasteiger partial charge in [-0.2, -0.15) is 0 Å². The van der Waals surface area contributed by atoms with Gasteiger partial charge in [0, 0.05) is 4.91 Å². The molecule has 7 heavy (non-hydrogen) atoms. The van der Waals surface area contributed by atoms with E-state index in [0.29, 0.717) is 11.2 Å². The highest BCUT2D eigenvalue weighted by atomic mass is 32.2. The Morgan fingerprint density at radius 2 is 2.57 bits per heavy atom. The zero-order valence-electron chi connectivity index (χ0n) is 3.38. The van der Waals surface area contributed by atoms with Crippen LogP contribution in [-0.4, -0.2) is 11.2 Å². The van der Waals surface area contributed by atoms with Crippen LogP contribution in [0.1, 0.15) is 0 Å². The molecule has 0 spiro atoms. The largest absolute Gasteiger partial charge is 0.297 e. The van der Waals surface area contributed by atoms with E-state index in [2.05, 4.69) is 12.2 Å². The maximum atomic E-state index is 9.79. The Balaban J connectivity index is 2.54. The molecule has 1 nitrogen and oxygen atoms in total. The molecule has 0 fully saturated rings. The molecule has 0 bridgehead atoms. The standard InChI is InChI=1S/C4H2OS2/c5-1-3(6)4-2-7-4/h1-2H. The number of carbonyl (C=O) groups excluding carboxylic acids is 1. The molecular formula is C4H2OS2. The summed E-state index contributed by atoms with van der Waals surface area (Å²) in [4.78, 5) is 11.2. The van der Waals surface area contributed by atoms with E-state index in [1.807, 2.05) is 5.41 Å². The summed E-state index contributed by atoms with van der Waals surface area (Å²) < 4.78 is 0. The van der Waals surface area contributed by atoms with E-state index in [1.54, 1.807) is 0 Å². The van der Waals surface area contributed by atoms with Crippen molar-refractivity contribution in [1.29, 1.82) is 0 Å². The van der Waals surface area contributed by atoms with E-state index in [9.17, 15) is 4.79 Å². The highest BCUT2D eigenvalue weighted by molar-refractivity contribution is 8.14. The topological polar surface area (TPSA) is 17.1 Å². The molecular weight excluding hydrogens is 128 g/mol. The Hall–Kier alpha value is -0.150. The number of rotatable bonds is 2. The highest BCUT2D eigenvalue weighted by Gasteiger charge is 2.12. The van der Waals surface area contributed by atoms with Crippen molar-refractivity contribution in [3.05, 3.63) is 10.3 Å². The lowest BCUT2D eigenvalue weighted by molar-refractivity contribution is -0.102. The van der Waals surface area contributed by atoms with Crippen molar-refractivity contribution in [2.45, 2.75) is 0 Å². The van der Waals surface area contributed by atoms with E-state index in [0.717, 1.165) is 4.91 Å². The maximum absolute atomic E-state index is 9.79. The molecule has 0 aromatic carbocycles. The molecule has 1 rings (SSSR count). The second-order valence-corrected chi connectivity index (χ2v) is 2.43. The first-order chi connectivity index (χ1) is 3.34. The lowest BCUT2D eigenvalue weighted by atomic mass is 10.5. The Morgan fingerprint density at radius 3 is 2.71 bits per heavy atom. The van der Waals surface area contributed by atoms with E-state index in [-0.39, 0.29) is 0 Å². The Bertz CT molecular complexity index is 148.